The van der Waals surface area contributed by atoms with Gasteiger partial charge in [-0.2, -0.15) is 0 Å². The van der Waals surface area contributed by atoms with Gasteiger partial charge in [0.25, 0.3) is 0 Å². The SMILES string of the molecule is COC(=O)c1ccc(CC2=C(c3ccco3)C3CCC3N=C2c2ccc(C(=O)OC)cc2)cc1. The number of hydrogen-bond donors (Lipinski definition) is 0. The number of carbonyl (C=O) groups is 2. The van der Waals surface area contributed by atoms with Gasteiger partial charge in [-0.05, 0) is 66.8 Å². The van der Waals surface area contributed by atoms with Crippen molar-refractivity contribution in [3.8, 4) is 0 Å². The summed E-state index contributed by atoms with van der Waals surface area (Å²) in [6.45, 7) is 0. The number of carbonyl (C=O) groups excluding carboxylic acids is 2. The van der Waals surface area contributed by atoms with Gasteiger partial charge in [0.1, 0.15) is 5.76 Å². The van der Waals surface area contributed by atoms with E-state index in [1.54, 1.807) is 30.5 Å². The summed E-state index contributed by atoms with van der Waals surface area (Å²) in [5, 5.41) is 0. The Morgan fingerprint density at radius 2 is 1.56 bits per heavy atom. The maximum Gasteiger partial charge on any atom is 0.337 e. The molecule has 2 aliphatic rings. The zero-order valence-electron chi connectivity index (χ0n) is 19.1. The molecule has 2 heterocycles. The molecule has 2 unspecified atom stereocenters. The van der Waals surface area contributed by atoms with Gasteiger partial charge in [0.15, 0.2) is 0 Å². The second-order valence-electron chi connectivity index (χ2n) is 8.53. The van der Waals surface area contributed by atoms with Crippen molar-refractivity contribution in [3.05, 3.63) is 101 Å². The Kier molecular flexibility index (Phi) is 5.88. The lowest BCUT2D eigenvalue weighted by Crippen LogP contribution is -2.37. The van der Waals surface area contributed by atoms with Crippen LogP contribution in [-0.4, -0.2) is 37.9 Å². The standard InChI is InChI=1S/C28H25NO5/c1-32-27(30)19-7-5-17(6-8-19)16-22-25(24-4-3-15-34-24)21-13-14-23(21)29-26(22)18-9-11-20(12-10-18)28(31)33-2/h3-12,15,21,23H,13-14,16H2,1-2H3. The minimum absolute atomic E-state index is 0.223. The van der Waals surface area contributed by atoms with Crippen molar-refractivity contribution in [1.29, 1.82) is 0 Å². The number of rotatable bonds is 6. The summed E-state index contributed by atoms with van der Waals surface area (Å²) in [6, 6.07) is 19.0. The van der Waals surface area contributed by atoms with Gasteiger partial charge in [-0.3, -0.25) is 4.99 Å². The van der Waals surface area contributed by atoms with Gasteiger partial charge in [0.05, 0.1) is 43.4 Å². The number of dihydropyridines is 1. The number of furan rings is 1. The van der Waals surface area contributed by atoms with Crippen LogP contribution >= 0.6 is 0 Å². The molecule has 2 aromatic carbocycles. The molecule has 0 N–H and O–H groups in total. The number of allylic oxidation sites excluding steroid dienone is 1. The van der Waals surface area contributed by atoms with Crippen molar-refractivity contribution in [1.82, 2.24) is 0 Å². The average Bonchev–Trinajstić information content (AvgIpc) is 3.40. The first kappa shape index (κ1) is 21.9. The van der Waals surface area contributed by atoms with Gasteiger partial charge in [-0.1, -0.05) is 24.3 Å². The predicted octanol–water partition coefficient (Wildman–Crippen LogP) is 5.13. The lowest BCUT2D eigenvalue weighted by molar-refractivity contribution is 0.0592. The fraction of sp³-hybridized carbons (Fsp3) is 0.250. The summed E-state index contributed by atoms with van der Waals surface area (Å²) in [7, 11) is 2.75. The van der Waals surface area contributed by atoms with E-state index in [1.165, 1.54) is 19.8 Å². The topological polar surface area (TPSA) is 78.1 Å². The molecule has 1 aromatic heterocycles. The highest BCUT2D eigenvalue weighted by Crippen LogP contribution is 2.47. The first-order valence-corrected chi connectivity index (χ1v) is 11.3. The van der Waals surface area contributed by atoms with Crippen molar-refractivity contribution in [2.24, 2.45) is 10.9 Å². The Balaban J connectivity index is 1.57. The molecule has 1 saturated carbocycles. The molecule has 5 rings (SSSR count). The molecule has 6 heteroatoms. The minimum Gasteiger partial charge on any atom is -0.465 e. The smallest absolute Gasteiger partial charge is 0.337 e. The van der Waals surface area contributed by atoms with E-state index in [1.807, 2.05) is 36.4 Å². The van der Waals surface area contributed by atoms with Crippen molar-refractivity contribution in [3.63, 3.8) is 0 Å². The summed E-state index contributed by atoms with van der Waals surface area (Å²) in [5.41, 5.74) is 6.24. The Bertz CT molecular complexity index is 1270. The molecular formula is C28H25NO5. The first-order chi connectivity index (χ1) is 16.6. The molecule has 0 radical (unpaired) electrons. The van der Waals surface area contributed by atoms with Gasteiger partial charge in [-0.25, -0.2) is 9.59 Å². The van der Waals surface area contributed by atoms with Crippen LogP contribution < -0.4 is 0 Å². The number of aliphatic imine (C=N–C) groups is 1. The molecule has 0 amide bonds. The molecule has 34 heavy (non-hydrogen) atoms. The van der Waals surface area contributed by atoms with Gasteiger partial charge in [0.2, 0.25) is 0 Å². The monoisotopic (exact) mass is 455 g/mol. The fourth-order valence-electron chi connectivity index (χ4n) is 4.72. The van der Waals surface area contributed by atoms with E-state index in [-0.39, 0.29) is 18.0 Å². The van der Waals surface area contributed by atoms with E-state index < -0.39 is 0 Å². The van der Waals surface area contributed by atoms with Gasteiger partial charge < -0.3 is 13.9 Å². The Labute approximate surface area is 197 Å². The highest BCUT2D eigenvalue weighted by molar-refractivity contribution is 6.18. The highest BCUT2D eigenvalue weighted by Gasteiger charge is 2.41. The lowest BCUT2D eigenvalue weighted by Gasteiger charge is -2.40. The first-order valence-electron chi connectivity index (χ1n) is 11.3. The summed E-state index contributed by atoms with van der Waals surface area (Å²) in [5.74, 6) is 0.474. The van der Waals surface area contributed by atoms with E-state index in [9.17, 15) is 9.59 Å². The maximum absolute atomic E-state index is 11.9. The zero-order chi connectivity index (χ0) is 23.7. The van der Waals surface area contributed by atoms with Crippen molar-refractivity contribution in [2.75, 3.05) is 14.2 Å². The van der Waals surface area contributed by atoms with E-state index in [4.69, 9.17) is 18.9 Å². The molecular weight excluding hydrogens is 430 g/mol. The van der Waals surface area contributed by atoms with E-state index >= 15 is 0 Å². The molecule has 6 nitrogen and oxygen atoms in total. The highest BCUT2D eigenvalue weighted by atomic mass is 16.5. The second kappa shape index (κ2) is 9.14. The molecule has 1 aliphatic heterocycles. The van der Waals surface area contributed by atoms with Gasteiger partial charge >= 0.3 is 11.9 Å². The van der Waals surface area contributed by atoms with Crippen molar-refractivity contribution >= 4 is 23.2 Å². The largest absolute Gasteiger partial charge is 0.465 e. The van der Waals surface area contributed by atoms with Crippen molar-refractivity contribution in [2.45, 2.75) is 25.3 Å². The van der Waals surface area contributed by atoms with Crippen LogP contribution in [0, 0.1) is 5.92 Å². The van der Waals surface area contributed by atoms with Crippen LogP contribution in [0.3, 0.4) is 0 Å². The van der Waals surface area contributed by atoms with Gasteiger partial charge in [0, 0.05) is 17.1 Å². The summed E-state index contributed by atoms with van der Waals surface area (Å²) >= 11 is 0. The van der Waals surface area contributed by atoms with Crippen molar-refractivity contribution < 1.29 is 23.5 Å². The fourth-order valence-corrected chi connectivity index (χ4v) is 4.72. The third-order valence-electron chi connectivity index (χ3n) is 6.64. The number of benzene rings is 2. The van der Waals surface area contributed by atoms with Crippen LogP contribution in [0.1, 0.15) is 50.4 Å². The van der Waals surface area contributed by atoms with Crippen LogP contribution in [0.15, 0.2) is 81.9 Å². The number of nitrogens with zero attached hydrogens (tertiary/aromatic N) is 1. The predicted molar refractivity (Wildman–Crippen MR) is 128 cm³/mol. The summed E-state index contributed by atoms with van der Waals surface area (Å²) in [6.07, 6.45) is 4.46. The van der Waals surface area contributed by atoms with E-state index in [0.717, 1.165) is 41.0 Å². The average molecular weight is 456 g/mol. The number of hydrogen-bond acceptors (Lipinski definition) is 6. The second-order valence-corrected chi connectivity index (χ2v) is 8.53. The zero-order valence-corrected chi connectivity index (χ0v) is 19.1. The van der Waals surface area contributed by atoms with E-state index in [2.05, 4.69) is 0 Å². The molecule has 3 aromatic rings. The van der Waals surface area contributed by atoms with Crippen LogP contribution in [0.4, 0.5) is 0 Å². The molecule has 0 saturated heterocycles. The molecule has 1 aliphatic carbocycles. The van der Waals surface area contributed by atoms with E-state index in [0.29, 0.717) is 23.5 Å². The molecule has 172 valence electrons. The quantitative estimate of drug-likeness (QED) is 0.482. The lowest BCUT2D eigenvalue weighted by atomic mass is 9.69. The van der Waals surface area contributed by atoms with Crippen LogP contribution in [-0.2, 0) is 15.9 Å². The van der Waals surface area contributed by atoms with Crippen LogP contribution in [0.25, 0.3) is 5.57 Å². The van der Waals surface area contributed by atoms with Gasteiger partial charge in [-0.15, -0.1) is 0 Å². The van der Waals surface area contributed by atoms with Crippen LogP contribution in [0.2, 0.25) is 0 Å². The number of methoxy groups -OCH3 is 2. The minimum atomic E-state index is -0.367. The molecule has 0 spiro atoms. The Hall–Kier alpha value is -3.93. The maximum atomic E-state index is 11.9. The number of ether oxygens (including phenoxy) is 2. The molecule has 0 bridgehead atoms. The third kappa shape index (κ3) is 3.96. The Morgan fingerprint density at radius 3 is 2.09 bits per heavy atom. The normalized spacial score (nSPS) is 19.1. The number of esters is 2. The summed E-state index contributed by atoms with van der Waals surface area (Å²) < 4.78 is 15.5. The van der Waals surface area contributed by atoms with Crippen LogP contribution in [0.5, 0.6) is 0 Å². The third-order valence-corrected chi connectivity index (χ3v) is 6.64. The summed E-state index contributed by atoms with van der Waals surface area (Å²) in [4.78, 5) is 28.9. The Morgan fingerprint density at radius 1 is 0.912 bits per heavy atom. The number of fused-ring (bicyclic) bond motifs is 1. The molecule has 1 fully saturated rings. The molecule has 2 atom stereocenters.